The van der Waals surface area contributed by atoms with E-state index in [1.807, 2.05) is 16.9 Å². The third kappa shape index (κ3) is 7.57. The summed E-state index contributed by atoms with van der Waals surface area (Å²) in [6, 6.07) is 19.6. The highest BCUT2D eigenvalue weighted by Gasteiger charge is 2.20. The smallest absolute Gasteiger partial charge is 0.191 e. The maximum atomic E-state index is 4.85. The normalized spacial score (nSPS) is 15.2. The summed E-state index contributed by atoms with van der Waals surface area (Å²) in [5, 5.41) is 11.4. The molecule has 7 heteroatoms. The number of halogens is 1. The number of likely N-dealkylation sites (tertiary alicyclic amines) is 1. The number of aryl methyl sites for hydroxylation is 1. The third-order valence-corrected chi connectivity index (χ3v) is 5.86. The molecule has 4 rings (SSSR count). The van der Waals surface area contributed by atoms with E-state index in [0.29, 0.717) is 12.6 Å². The average molecular weight is 559 g/mol. The van der Waals surface area contributed by atoms with Crippen molar-refractivity contribution in [3.63, 3.8) is 0 Å². The number of benzene rings is 2. The van der Waals surface area contributed by atoms with Gasteiger partial charge in [0.2, 0.25) is 0 Å². The van der Waals surface area contributed by atoms with Crippen LogP contribution in [0.4, 0.5) is 0 Å². The second kappa shape index (κ2) is 12.7. The molecule has 0 saturated carbocycles. The van der Waals surface area contributed by atoms with Gasteiger partial charge in [0.15, 0.2) is 5.96 Å². The first-order valence-electron chi connectivity index (χ1n) is 11.6. The van der Waals surface area contributed by atoms with Gasteiger partial charge in [0.25, 0.3) is 0 Å². The van der Waals surface area contributed by atoms with E-state index in [4.69, 9.17) is 4.99 Å². The van der Waals surface area contributed by atoms with Gasteiger partial charge in [-0.25, -0.2) is 9.67 Å². The molecule has 2 N–H and O–H groups in total. The van der Waals surface area contributed by atoms with Crippen LogP contribution in [0.15, 0.2) is 72.0 Å². The molecule has 1 aromatic heterocycles. The molecule has 1 aliphatic rings. The number of aliphatic imine (C=N–C) groups is 1. The SMILES string of the molecule is CCNC(=NCc1cccc(-n2cccn2)c1)NC1CCN(Cc2cccc(C)c2)CC1.I. The first-order chi connectivity index (χ1) is 15.7. The summed E-state index contributed by atoms with van der Waals surface area (Å²) in [4.78, 5) is 7.40. The fourth-order valence-electron chi connectivity index (χ4n) is 4.21. The Balaban J connectivity index is 0.00000306. The lowest BCUT2D eigenvalue weighted by Gasteiger charge is -2.33. The van der Waals surface area contributed by atoms with Gasteiger partial charge >= 0.3 is 0 Å². The van der Waals surface area contributed by atoms with E-state index in [9.17, 15) is 0 Å². The second-order valence-corrected chi connectivity index (χ2v) is 8.50. The van der Waals surface area contributed by atoms with Crippen LogP contribution in [0.2, 0.25) is 0 Å². The standard InChI is InChI=1S/C26H34N6.HI/c1-3-27-26(28-19-22-8-5-10-25(18-22)32-14-6-13-29-32)30-24-11-15-31(16-12-24)20-23-9-4-7-21(2)17-23;/h4-10,13-14,17-18,24H,3,11-12,15-16,19-20H2,1-2H3,(H2,27,28,30);1H. The molecule has 2 heterocycles. The molecule has 0 bridgehead atoms. The van der Waals surface area contributed by atoms with Crippen molar-refractivity contribution >= 4 is 29.9 Å². The first-order valence-corrected chi connectivity index (χ1v) is 11.6. The Labute approximate surface area is 214 Å². The van der Waals surface area contributed by atoms with Crippen LogP contribution < -0.4 is 10.6 Å². The highest BCUT2D eigenvalue weighted by molar-refractivity contribution is 14.0. The van der Waals surface area contributed by atoms with Gasteiger partial charge in [-0.15, -0.1) is 24.0 Å². The lowest BCUT2D eigenvalue weighted by molar-refractivity contribution is 0.198. The predicted molar refractivity (Wildman–Crippen MR) is 146 cm³/mol. The van der Waals surface area contributed by atoms with E-state index in [2.05, 4.69) is 83.0 Å². The van der Waals surface area contributed by atoms with Crippen LogP contribution in [-0.2, 0) is 13.1 Å². The molecule has 0 amide bonds. The fourth-order valence-corrected chi connectivity index (χ4v) is 4.21. The number of nitrogens with one attached hydrogen (secondary N) is 2. The monoisotopic (exact) mass is 558 g/mol. The van der Waals surface area contributed by atoms with E-state index in [0.717, 1.165) is 50.7 Å². The van der Waals surface area contributed by atoms with Gasteiger partial charge in [-0.3, -0.25) is 4.90 Å². The zero-order valence-corrected chi connectivity index (χ0v) is 21.9. The summed E-state index contributed by atoms with van der Waals surface area (Å²) in [6.07, 6.45) is 6.01. The zero-order valence-electron chi connectivity index (χ0n) is 19.6. The first kappa shape index (κ1) is 25.2. The van der Waals surface area contributed by atoms with E-state index in [-0.39, 0.29) is 24.0 Å². The number of piperidine rings is 1. The minimum absolute atomic E-state index is 0. The molecular formula is C26H35IN6. The second-order valence-electron chi connectivity index (χ2n) is 8.50. The molecule has 33 heavy (non-hydrogen) atoms. The van der Waals surface area contributed by atoms with Crippen molar-refractivity contribution in [2.75, 3.05) is 19.6 Å². The summed E-state index contributed by atoms with van der Waals surface area (Å²) in [5.41, 5.74) is 4.97. The molecule has 0 spiro atoms. The molecule has 1 saturated heterocycles. The van der Waals surface area contributed by atoms with E-state index in [1.165, 1.54) is 16.7 Å². The van der Waals surface area contributed by atoms with Gasteiger partial charge in [-0.2, -0.15) is 5.10 Å². The number of aromatic nitrogens is 2. The molecule has 0 unspecified atom stereocenters. The molecule has 3 aromatic rings. The minimum atomic E-state index is 0. The Bertz CT molecular complexity index is 1010. The zero-order chi connectivity index (χ0) is 22.2. The maximum absolute atomic E-state index is 4.85. The van der Waals surface area contributed by atoms with Gasteiger partial charge < -0.3 is 10.6 Å². The van der Waals surface area contributed by atoms with Crippen molar-refractivity contribution in [1.29, 1.82) is 0 Å². The minimum Gasteiger partial charge on any atom is -0.357 e. The maximum Gasteiger partial charge on any atom is 0.191 e. The molecule has 2 aromatic carbocycles. The van der Waals surface area contributed by atoms with Crippen LogP contribution in [0.3, 0.4) is 0 Å². The predicted octanol–water partition coefficient (Wildman–Crippen LogP) is 4.52. The van der Waals surface area contributed by atoms with Gasteiger partial charge in [-0.05, 0) is 56.0 Å². The van der Waals surface area contributed by atoms with Crippen LogP contribution >= 0.6 is 24.0 Å². The molecular weight excluding hydrogens is 523 g/mol. The van der Waals surface area contributed by atoms with Gasteiger partial charge in [-0.1, -0.05) is 42.0 Å². The van der Waals surface area contributed by atoms with Gasteiger partial charge in [0, 0.05) is 44.6 Å². The summed E-state index contributed by atoms with van der Waals surface area (Å²) < 4.78 is 1.88. The number of hydrogen-bond acceptors (Lipinski definition) is 3. The van der Waals surface area contributed by atoms with Gasteiger partial charge in [0.1, 0.15) is 0 Å². The highest BCUT2D eigenvalue weighted by atomic mass is 127. The fraction of sp³-hybridized carbons (Fsp3) is 0.385. The van der Waals surface area contributed by atoms with Crippen LogP contribution in [0.25, 0.3) is 5.69 Å². The summed E-state index contributed by atoms with van der Waals surface area (Å²) >= 11 is 0. The van der Waals surface area contributed by atoms with Gasteiger partial charge in [0.05, 0.1) is 12.2 Å². The molecule has 0 atom stereocenters. The molecule has 176 valence electrons. The van der Waals surface area contributed by atoms with Crippen LogP contribution in [0.1, 0.15) is 36.5 Å². The Morgan fingerprint density at radius 3 is 2.58 bits per heavy atom. The number of hydrogen-bond donors (Lipinski definition) is 2. The topological polar surface area (TPSA) is 57.5 Å². The molecule has 0 radical (unpaired) electrons. The lowest BCUT2D eigenvalue weighted by atomic mass is 10.0. The van der Waals surface area contributed by atoms with Crippen LogP contribution in [0, 0.1) is 6.92 Å². The van der Waals surface area contributed by atoms with Crippen molar-refractivity contribution < 1.29 is 0 Å². The summed E-state index contributed by atoms with van der Waals surface area (Å²) in [6.45, 7) is 9.01. The molecule has 1 fully saturated rings. The van der Waals surface area contributed by atoms with Crippen molar-refractivity contribution in [2.24, 2.45) is 4.99 Å². The number of rotatable bonds is 7. The third-order valence-electron chi connectivity index (χ3n) is 5.86. The van der Waals surface area contributed by atoms with Crippen molar-refractivity contribution in [3.05, 3.63) is 83.7 Å². The van der Waals surface area contributed by atoms with Crippen LogP contribution in [0.5, 0.6) is 0 Å². The molecule has 6 nitrogen and oxygen atoms in total. The van der Waals surface area contributed by atoms with Crippen LogP contribution in [-0.4, -0.2) is 46.3 Å². The quantitative estimate of drug-likeness (QED) is 0.255. The Hall–Kier alpha value is -2.39. The lowest BCUT2D eigenvalue weighted by Crippen LogP contribution is -2.48. The largest absolute Gasteiger partial charge is 0.357 e. The van der Waals surface area contributed by atoms with E-state index in [1.54, 1.807) is 6.20 Å². The Morgan fingerprint density at radius 2 is 1.85 bits per heavy atom. The Kier molecular flexibility index (Phi) is 9.75. The Morgan fingerprint density at radius 1 is 1.06 bits per heavy atom. The molecule has 0 aliphatic carbocycles. The number of nitrogens with zero attached hydrogens (tertiary/aromatic N) is 4. The van der Waals surface area contributed by atoms with E-state index >= 15 is 0 Å². The average Bonchev–Trinajstić information content (AvgIpc) is 3.34. The highest BCUT2D eigenvalue weighted by Crippen LogP contribution is 2.15. The summed E-state index contributed by atoms with van der Waals surface area (Å²) in [7, 11) is 0. The van der Waals surface area contributed by atoms with Crippen molar-refractivity contribution in [2.45, 2.75) is 45.8 Å². The molecule has 1 aliphatic heterocycles. The van der Waals surface area contributed by atoms with Crippen molar-refractivity contribution in [1.82, 2.24) is 25.3 Å². The van der Waals surface area contributed by atoms with E-state index < -0.39 is 0 Å². The number of guanidine groups is 1. The van der Waals surface area contributed by atoms with Crippen molar-refractivity contribution in [3.8, 4) is 5.69 Å². The summed E-state index contributed by atoms with van der Waals surface area (Å²) in [5.74, 6) is 0.897.